The molecule has 0 fully saturated rings. The fraction of sp³-hybridized carbons (Fsp3) is 0.538. The number of benzene rings is 1. The molecule has 1 unspecified atom stereocenters. The van der Waals surface area contributed by atoms with Gasteiger partial charge in [0, 0.05) is 22.0 Å². The third-order valence-electron chi connectivity index (χ3n) is 2.51. The molecule has 1 rings (SSSR count). The van der Waals surface area contributed by atoms with Crippen LogP contribution in [-0.2, 0) is 6.54 Å². The lowest BCUT2D eigenvalue weighted by molar-refractivity contribution is 0.407. The van der Waals surface area contributed by atoms with Gasteiger partial charge < -0.3 is 10.1 Å². The summed E-state index contributed by atoms with van der Waals surface area (Å²) in [6.45, 7) is 3.82. The van der Waals surface area contributed by atoms with E-state index in [4.69, 9.17) is 16.3 Å². The maximum absolute atomic E-state index is 5.89. The average molecular weight is 321 g/mol. The highest BCUT2D eigenvalue weighted by molar-refractivity contribution is 9.10. The van der Waals surface area contributed by atoms with Crippen molar-refractivity contribution in [1.82, 2.24) is 5.32 Å². The monoisotopic (exact) mass is 319 g/mol. The summed E-state index contributed by atoms with van der Waals surface area (Å²) < 4.78 is 6.39. The van der Waals surface area contributed by atoms with Crippen LogP contribution in [0.4, 0.5) is 0 Å². The molecule has 0 saturated carbocycles. The lowest BCUT2D eigenvalue weighted by atomic mass is 10.2. The van der Waals surface area contributed by atoms with Crippen LogP contribution < -0.4 is 10.1 Å². The fourth-order valence-corrected chi connectivity index (χ4v) is 2.18. The van der Waals surface area contributed by atoms with Crippen molar-refractivity contribution in [3.63, 3.8) is 0 Å². The first-order valence-electron chi connectivity index (χ1n) is 5.80. The third kappa shape index (κ3) is 5.75. The zero-order valence-electron chi connectivity index (χ0n) is 10.3. The van der Waals surface area contributed by atoms with Crippen molar-refractivity contribution in [2.75, 3.05) is 13.7 Å². The first-order chi connectivity index (χ1) is 8.13. The van der Waals surface area contributed by atoms with E-state index in [0.29, 0.717) is 0 Å². The minimum atomic E-state index is 0.261. The first-order valence-corrected chi connectivity index (χ1v) is 7.03. The van der Waals surface area contributed by atoms with Crippen molar-refractivity contribution in [2.45, 2.75) is 31.7 Å². The molecular weight excluding hydrogens is 302 g/mol. The minimum Gasteiger partial charge on any atom is -0.496 e. The van der Waals surface area contributed by atoms with Gasteiger partial charge in [0.2, 0.25) is 0 Å². The summed E-state index contributed by atoms with van der Waals surface area (Å²) in [6, 6.07) is 6.04. The van der Waals surface area contributed by atoms with Crippen LogP contribution >= 0.6 is 27.5 Å². The molecule has 0 aliphatic carbocycles. The molecular formula is C13H19BrClNO. The number of hydrogen-bond acceptors (Lipinski definition) is 2. The number of halogens is 2. The van der Waals surface area contributed by atoms with Crippen molar-refractivity contribution < 1.29 is 4.74 Å². The molecule has 0 spiro atoms. The van der Waals surface area contributed by atoms with Crippen LogP contribution in [0.3, 0.4) is 0 Å². The summed E-state index contributed by atoms with van der Waals surface area (Å²) in [5, 5.41) is 3.66. The van der Waals surface area contributed by atoms with E-state index in [9.17, 15) is 0 Å². The molecule has 1 aromatic carbocycles. The SMILES string of the molecule is COc1ccc(Br)cc1CNCCCC(C)Cl. The Hall–Kier alpha value is -0.250. The highest BCUT2D eigenvalue weighted by Gasteiger charge is 2.03. The van der Waals surface area contributed by atoms with E-state index in [-0.39, 0.29) is 5.38 Å². The Morgan fingerprint density at radius 1 is 1.47 bits per heavy atom. The van der Waals surface area contributed by atoms with Crippen molar-refractivity contribution in [3.8, 4) is 5.75 Å². The van der Waals surface area contributed by atoms with E-state index in [1.165, 1.54) is 5.56 Å². The molecule has 0 aliphatic rings. The molecule has 0 radical (unpaired) electrons. The van der Waals surface area contributed by atoms with Gasteiger partial charge in [-0.2, -0.15) is 0 Å². The summed E-state index contributed by atoms with van der Waals surface area (Å²) in [5.41, 5.74) is 1.17. The van der Waals surface area contributed by atoms with Gasteiger partial charge in [-0.3, -0.25) is 0 Å². The van der Waals surface area contributed by atoms with Crippen LogP contribution in [0.15, 0.2) is 22.7 Å². The first kappa shape index (κ1) is 14.8. The summed E-state index contributed by atoms with van der Waals surface area (Å²) in [5.74, 6) is 0.923. The van der Waals surface area contributed by atoms with E-state index in [1.54, 1.807) is 7.11 Å². The Balaban J connectivity index is 2.37. The third-order valence-corrected chi connectivity index (χ3v) is 3.22. The van der Waals surface area contributed by atoms with Crippen molar-refractivity contribution >= 4 is 27.5 Å². The second-order valence-electron chi connectivity index (χ2n) is 4.06. The Labute approximate surface area is 117 Å². The average Bonchev–Trinajstić information content (AvgIpc) is 2.28. The van der Waals surface area contributed by atoms with Crippen molar-refractivity contribution in [1.29, 1.82) is 0 Å². The van der Waals surface area contributed by atoms with Gasteiger partial charge in [0.1, 0.15) is 5.75 Å². The second-order valence-corrected chi connectivity index (χ2v) is 5.72. The van der Waals surface area contributed by atoms with Crippen LogP contribution in [0.2, 0.25) is 0 Å². The maximum atomic E-state index is 5.89. The second kappa shape index (κ2) is 7.96. The van der Waals surface area contributed by atoms with Crippen molar-refractivity contribution in [2.24, 2.45) is 0 Å². The van der Waals surface area contributed by atoms with Gasteiger partial charge >= 0.3 is 0 Å². The van der Waals surface area contributed by atoms with E-state index in [2.05, 4.69) is 27.3 Å². The molecule has 0 bridgehead atoms. The van der Waals surface area contributed by atoms with Gasteiger partial charge in [0.05, 0.1) is 7.11 Å². The van der Waals surface area contributed by atoms with Crippen LogP contribution in [0.5, 0.6) is 5.75 Å². The number of nitrogens with one attached hydrogen (secondary N) is 1. The number of ether oxygens (including phenoxy) is 1. The Bertz CT molecular complexity index is 344. The quantitative estimate of drug-likeness (QED) is 0.606. The molecule has 0 aromatic heterocycles. The molecule has 0 saturated heterocycles. The zero-order valence-corrected chi connectivity index (χ0v) is 12.6. The standard InChI is InChI=1S/C13H19BrClNO/c1-10(15)4-3-7-16-9-11-8-12(14)5-6-13(11)17-2/h5-6,8,10,16H,3-4,7,9H2,1-2H3. The summed E-state index contributed by atoms with van der Waals surface area (Å²) in [6.07, 6.45) is 2.14. The lowest BCUT2D eigenvalue weighted by Crippen LogP contribution is -2.16. The largest absolute Gasteiger partial charge is 0.496 e. The molecule has 1 atom stereocenters. The number of alkyl halides is 1. The predicted octanol–water partition coefficient (Wildman–Crippen LogP) is 3.95. The van der Waals surface area contributed by atoms with Gasteiger partial charge in [0.15, 0.2) is 0 Å². The zero-order chi connectivity index (χ0) is 12.7. The van der Waals surface area contributed by atoms with Gasteiger partial charge in [0.25, 0.3) is 0 Å². The van der Waals surface area contributed by atoms with E-state index in [0.717, 1.165) is 36.2 Å². The molecule has 1 aromatic rings. The Kier molecular flexibility index (Phi) is 6.93. The summed E-state index contributed by atoms with van der Waals surface area (Å²) in [7, 11) is 1.70. The molecule has 0 heterocycles. The Morgan fingerprint density at radius 3 is 2.88 bits per heavy atom. The van der Waals surface area contributed by atoms with E-state index < -0.39 is 0 Å². The minimum absolute atomic E-state index is 0.261. The van der Waals surface area contributed by atoms with Crippen LogP contribution in [0.1, 0.15) is 25.3 Å². The van der Waals surface area contributed by atoms with Gasteiger partial charge in [-0.25, -0.2) is 0 Å². The molecule has 1 N–H and O–H groups in total. The summed E-state index contributed by atoms with van der Waals surface area (Å²) in [4.78, 5) is 0. The Morgan fingerprint density at radius 2 is 2.24 bits per heavy atom. The lowest BCUT2D eigenvalue weighted by Gasteiger charge is -2.10. The fourth-order valence-electron chi connectivity index (χ4n) is 1.62. The van der Waals surface area contributed by atoms with E-state index in [1.807, 2.05) is 19.1 Å². The highest BCUT2D eigenvalue weighted by atomic mass is 79.9. The van der Waals surface area contributed by atoms with Gasteiger partial charge in [-0.05, 0) is 44.5 Å². The van der Waals surface area contributed by atoms with Gasteiger partial charge in [-0.15, -0.1) is 11.6 Å². The molecule has 0 aliphatic heterocycles. The van der Waals surface area contributed by atoms with Crippen molar-refractivity contribution in [3.05, 3.63) is 28.2 Å². The van der Waals surface area contributed by atoms with E-state index >= 15 is 0 Å². The summed E-state index contributed by atoms with van der Waals surface area (Å²) >= 11 is 9.35. The predicted molar refractivity (Wildman–Crippen MR) is 76.9 cm³/mol. The normalized spacial score (nSPS) is 12.5. The molecule has 2 nitrogen and oxygen atoms in total. The number of hydrogen-bond donors (Lipinski definition) is 1. The van der Waals surface area contributed by atoms with Crippen LogP contribution in [0.25, 0.3) is 0 Å². The topological polar surface area (TPSA) is 21.3 Å². The molecule has 17 heavy (non-hydrogen) atoms. The number of methoxy groups -OCH3 is 1. The smallest absolute Gasteiger partial charge is 0.123 e. The number of rotatable bonds is 7. The van der Waals surface area contributed by atoms with Gasteiger partial charge in [-0.1, -0.05) is 15.9 Å². The maximum Gasteiger partial charge on any atom is 0.123 e. The molecule has 0 amide bonds. The van der Waals surface area contributed by atoms with Crippen LogP contribution in [0, 0.1) is 0 Å². The highest BCUT2D eigenvalue weighted by Crippen LogP contribution is 2.22. The molecule has 4 heteroatoms. The molecule has 96 valence electrons. The van der Waals surface area contributed by atoms with Crippen LogP contribution in [-0.4, -0.2) is 19.0 Å².